The van der Waals surface area contributed by atoms with Crippen molar-refractivity contribution in [2.45, 2.75) is 19.4 Å². The van der Waals surface area contributed by atoms with E-state index in [0.29, 0.717) is 12.5 Å². The Bertz CT molecular complexity index is 387. The minimum absolute atomic E-state index is 0.256. The topological polar surface area (TPSA) is 75.3 Å². The van der Waals surface area contributed by atoms with E-state index in [2.05, 4.69) is 32.8 Å². The highest BCUT2D eigenvalue weighted by molar-refractivity contribution is 9.10. The zero-order valence-electron chi connectivity index (χ0n) is 9.10. The van der Waals surface area contributed by atoms with Gasteiger partial charge in [0.15, 0.2) is 0 Å². The number of aliphatic hydroxyl groups is 1. The molecule has 1 aromatic rings. The summed E-state index contributed by atoms with van der Waals surface area (Å²) in [4.78, 5) is 10.1. The Morgan fingerprint density at radius 1 is 1.62 bits per heavy atom. The maximum atomic E-state index is 9.84. The van der Waals surface area contributed by atoms with Crippen molar-refractivity contribution in [2.75, 3.05) is 23.7 Å². The van der Waals surface area contributed by atoms with Gasteiger partial charge in [-0.3, -0.25) is 0 Å². The van der Waals surface area contributed by atoms with Gasteiger partial charge in [0.05, 0.1) is 10.6 Å². The van der Waals surface area contributed by atoms with Crippen LogP contribution < -0.4 is 10.6 Å². The smallest absolute Gasteiger partial charge is 0.222 e. The van der Waals surface area contributed by atoms with Gasteiger partial charge in [-0.25, -0.2) is 4.98 Å². The molecule has 1 aromatic heterocycles. The summed E-state index contributed by atoms with van der Waals surface area (Å²) < 4.78 is 0.809. The molecule has 0 bridgehead atoms. The van der Waals surface area contributed by atoms with Gasteiger partial charge in [0, 0.05) is 19.3 Å². The van der Waals surface area contributed by atoms with Crippen LogP contribution in [0.2, 0.25) is 0 Å². The van der Waals surface area contributed by atoms with E-state index in [-0.39, 0.29) is 12.1 Å². The van der Waals surface area contributed by atoms with Crippen molar-refractivity contribution in [2.24, 2.45) is 5.92 Å². The lowest BCUT2D eigenvalue weighted by molar-refractivity contribution is 0.102. The minimum Gasteiger partial charge on any atom is -0.391 e. The van der Waals surface area contributed by atoms with Gasteiger partial charge in [-0.15, -0.1) is 0 Å². The third-order valence-electron chi connectivity index (χ3n) is 2.96. The average Bonchev–Trinajstić information content (AvgIpc) is 2.26. The van der Waals surface area contributed by atoms with Crippen LogP contribution in [-0.2, 0) is 0 Å². The first-order valence-corrected chi connectivity index (χ1v) is 6.08. The van der Waals surface area contributed by atoms with Crippen molar-refractivity contribution >= 4 is 27.7 Å². The summed E-state index contributed by atoms with van der Waals surface area (Å²) in [5, 5.41) is 9.84. The molecule has 88 valence electrons. The molecule has 0 aliphatic carbocycles. The van der Waals surface area contributed by atoms with Crippen molar-refractivity contribution in [3.63, 3.8) is 0 Å². The first-order valence-electron chi connectivity index (χ1n) is 5.29. The number of aromatic nitrogens is 2. The molecule has 0 aromatic carbocycles. The van der Waals surface area contributed by atoms with Gasteiger partial charge in [-0.1, -0.05) is 6.92 Å². The van der Waals surface area contributed by atoms with E-state index in [1.165, 1.54) is 0 Å². The predicted octanol–water partition coefficient (Wildman–Crippen LogP) is 1.03. The van der Waals surface area contributed by atoms with Crippen LogP contribution >= 0.6 is 15.9 Å². The van der Waals surface area contributed by atoms with Crippen LogP contribution in [0.25, 0.3) is 0 Å². The van der Waals surface area contributed by atoms with Gasteiger partial charge >= 0.3 is 0 Å². The van der Waals surface area contributed by atoms with Crippen LogP contribution in [0.3, 0.4) is 0 Å². The Balaban J connectivity index is 2.21. The fourth-order valence-corrected chi connectivity index (χ4v) is 2.28. The number of hydrogen-bond donors (Lipinski definition) is 2. The fourth-order valence-electron chi connectivity index (χ4n) is 1.83. The average molecular weight is 287 g/mol. The van der Waals surface area contributed by atoms with Crippen LogP contribution in [0.4, 0.5) is 11.8 Å². The summed E-state index contributed by atoms with van der Waals surface area (Å²) >= 11 is 3.40. The van der Waals surface area contributed by atoms with E-state index in [9.17, 15) is 5.11 Å². The van der Waals surface area contributed by atoms with Crippen molar-refractivity contribution in [3.05, 3.63) is 10.7 Å². The van der Waals surface area contributed by atoms with Gasteiger partial charge in [0.1, 0.15) is 5.82 Å². The third kappa shape index (κ3) is 2.27. The third-order valence-corrected chi connectivity index (χ3v) is 3.52. The molecule has 1 saturated heterocycles. The standard InChI is InChI=1S/C10H15BrN4O/c1-6-2-3-15(5-8(6)16)9-7(11)4-13-10(12)14-9/h4,6,8,16H,2-3,5H2,1H3,(H2,12,13,14). The molecule has 0 radical (unpaired) electrons. The number of nitrogens with zero attached hydrogens (tertiary/aromatic N) is 3. The van der Waals surface area contributed by atoms with Crippen molar-refractivity contribution in [1.82, 2.24) is 9.97 Å². The van der Waals surface area contributed by atoms with Crippen LogP contribution in [0.1, 0.15) is 13.3 Å². The Labute approximate surface area is 103 Å². The number of anilines is 2. The SMILES string of the molecule is CC1CCN(c2nc(N)ncc2Br)CC1O. The number of aliphatic hydroxyl groups excluding tert-OH is 1. The maximum Gasteiger partial charge on any atom is 0.222 e. The molecular formula is C10H15BrN4O. The molecule has 1 aliphatic rings. The summed E-state index contributed by atoms with van der Waals surface area (Å²) in [5.74, 6) is 1.36. The van der Waals surface area contributed by atoms with E-state index < -0.39 is 0 Å². The molecule has 0 spiro atoms. The monoisotopic (exact) mass is 286 g/mol. The molecule has 6 heteroatoms. The zero-order valence-corrected chi connectivity index (χ0v) is 10.7. The lowest BCUT2D eigenvalue weighted by atomic mass is 9.96. The molecule has 0 saturated carbocycles. The fraction of sp³-hybridized carbons (Fsp3) is 0.600. The van der Waals surface area contributed by atoms with Crippen LogP contribution in [-0.4, -0.2) is 34.3 Å². The van der Waals surface area contributed by atoms with Crippen molar-refractivity contribution < 1.29 is 5.11 Å². The molecule has 2 rings (SSSR count). The summed E-state index contributed by atoms with van der Waals surface area (Å²) in [7, 11) is 0. The number of halogens is 1. The normalized spacial score (nSPS) is 25.8. The summed E-state index contributed by atoms with van der Waals surface area (Å²) in [6.07, 6.45) is 2.29. The second kappa shape index (κ2) is 4.55. The van der Waals surface area contributed by atoms with Crippen LogP contribution in [0.15, 0.2) is 10.7 Å². The maximum absolute atomic E-state index is 9.84. The van der Waals surface area contributed by atoms with Gasteiger partial charge in [0.2, 0.25) is 5.95 Å². The quantitative estimate of drug-likeness (QED) is 0.807. The molecule has 2 atom stereocenters. The van der Waals surface area contributed by atoms with Gasteiger partial charge in [-0.05, 0) is 28.3 Å². The zero-order chi connectivity index (χ0) is 11.7. The second-order valence-electron chi connectivity index (χ2n) is 4.18. The largest absolute Gasteiger partial charge is 0.391 e. The van der Waals surface area contributed by atoms with E-state index in [1.807, 2.05) is 4.90 Å². The van der Waals surface area contributed by atoms with Crippen LogP contribution in [0, 0.1) is 5.92 Å². The number of β-amino-alcohol motifs (C(OH)–C–C–N with tert-alkyl or cyclic N) is 1. The summed E-state index contributed by atoms with van der Waals surface area (Å²) in [5.41, 5.74) is 5.56. The molecule has 2 heterocycles. The highest BCUT2D eigenvalue weighted by atomic mass is 79.9. The predicted molar refractivity (Wildman–Crippen MR) is 66.1 cm³/mol. The first kappa shape index (κ1) is 11.6. The number of piperidine rings is 1. The summed E-state index contributed by atoms with van der Waals surface area (Å²) in [6, 6.07) is 0. The minimum atomic E-state index is -0.308. The summed E-state index contributed by atoms with van der Waals surface area (Å²) in [6.45, 7) is 3.54. The molecule has 3 N–H and O–H groups in total. The van der Waals surface area contributed by atoms with Gasteiger partial charge < -0.3 is 15.7 Å². The second-order valence-corrected chi connectivity index (χ2v) is 5.03. The Kier molecular flexibility index (Phi) is 3.30. The number of nitrogens with two attached hydrogens (primary N) is 1. The highest BCUT2D eigenvalue weighted by Crippen LogP contribution is 2.28. The van der Waals surface area contributed by atoms with E-state index >= 15 is 0 Å². The Morgan fingerprint density at radius 3 is 3.06 bits per heavy atom. The Morgan fingerprint density at radius 2 is 2.38 bits per heavy atom. The first-order chi connectivity index (χ1) is 7.58. The number of hydrogen-bond acceptors (Lipinski definition) is 5. The van der Waals surface area contributed by atoms with E-state index in [4.69, 9.17) is 5.73 Å². The molecule has 16 heavy (non-hydrogen) atoms. The lowest BCUT2D eigenvalue weighted by Crippen LogP contribution is -2.43. The number of nitrogen functional groups attached to an aromatic ring is 1. The lowest BCUT2D eigenvalue weighted by Gasteiger charge is -2.35. The highest BCUT2D eigenvalue weighted by Gasteiger charge is 2.26. The molecule has 1 aliphatic heterocycles. The van der Waals surface area contributed by atoms with Crippen molar-refractivity contribution in [3.8, 4) is 0 Å². The van der Waals surface area contributed by atoms with Gasteiger partial charge in [0.25, 0.3) is 0 Å². The molecular weight excluding hydrogens is 272 g/mol. The van der Waals surface area contributed by atoms with Gasteiger partial charge in [-0.2, -0.15) is 4.98 Å². The van der Waals surface area contributed by atoms with Crippen molar-refractivity contribution in [1.29, 1.82) is 0 Å². The molecule has 5 nitrogen and oxygen atoms in total. The van der Waals surface area contributed by atoms with E-state index in [1.54, 1.807) is 6.20 Å². The van der Waals surface area contributed by atoms with E-state index in [0.717, 1.165) is 23.3 Å². The van der Waals surface area contributed by atoms with Crippen LogP contribution in [0.5, 0.6) is 0 Å². The Hall–Kier alpha value is -0.880. The number of rotatable bonds is 1. The molecule has 0 amide bonds. The molecule has 2 unspecified atom stereocenters. The molecule has 1 fully saturated rings.